The largest absolute Gasteiger partial charge is 0.439 e. The summed E-state index contributed by atoms with van der Waals surface area (Å²) in [5.74, 6) is -2.17. The molecule has 0 saturated carbocycles. The normalized spacial score (nSPS) is 14.1. The molecule has 0 radical (unpaired) electrons. The Labute approximate surface area is 268 Å². The maximum Gasteiger partial charge on any atom is 0.322 e. The van der Waals surface area contributed by atoms with Crippen molar-refractivity contribution >= 4 is 33.3 Å². The van der Waals surface area contributed by atoms with Crippen molar-refractivity contribution in [1.82, 2.24) is 14.8 Å². The van der Waals surface area contributed by atoms with Crippen LogP contribution in [0.1, 0.15) is 61.1 Å². The van der Waals surface area contributed by atoms with Gasteiger partial charge >= 0.3 is 6.03 Å². The molecule has 248 valence electrons. The van der Waals surface area contributed by atoms with Crippen molar-refractivity contribution < 1.29 is 31.5 Å². The van der Waals surface area contributed by atoms with Crippen LogP contribution in [0.2, 0.25) is 0 Å². The fraction of sp³-hybridized carbons (Fsp3) is 0.406. The molecule has 4 N–H and O–H groups in total. The average molecular weight is 659 g/mol. The zero-order valence-corrected chi connectivity index (χ0v) is 27.0. The van der Waals surface area contributed by atoms with Gasteiger partial charge in [-0.05, 0) is 61.6 Å². The van der Waals surface area contributed by atoms with E-state index >= 15 is 0 Å². The highest BCUT2D eigenvalue weighted by Gasteiger charge is 2.29. The van der Waals surface area contributed by atoms with Crippen molar-refractivity contribution in [2.45, 2.75) is 58.5 Å². The molecule has 11 nitrogen and oxygen atoms in total. The molecule has 3 aromatic rings. The minimum atomic E-state index is -3.37. The number of amides is 3. The number of primary amides is 1. The Hall–Kier alpha value is -4.30. The molecule has 3 amide bonds. The number of carbonyl (C=O) groups is 2. The van der Waals surface area contributed by atoms with Crippen LogP contribution in [-0.4, -0.2) is 67.1 Å². The number of ether oxygens (including phenoxy) is 1. The molecule has 1 fully saturated rings. The second-order valence-electron chi connectivity index (χ2n) is 11.3. The van der Waals surface area contributed by atoms with E-state index in [1.807, 2.05) is 19.9 Å². The number of aryl methyl sites for hydroxylation is 1. The van der Waals surface area contributed by atoms with Crippen LogP contribution in [0, 0.1) is 11.6 Å². The van der Waals surface area contributed by atoms with Crippen molar-refractivity contribution in [2.75, 3.05) is 35.9 Å². The predicted molar refractivity (Wildman–Crippen MR) is 172 cm³/mol. The van der Waals surface area contributed by atoms with Gasteiger partial charge in [0.1, 0.15) is 17.4 Å². The lowest BCUT2D eigenvalue weighted by molar-refractivity contribution is 0.0996. The molecular formula is C32H40F2N6O5S. The Balaban J connectivity index is 1.37. The van der Waals surface area contributed by atoms with E-state index in [4.69, 9.17) is 15.5 Å². The minimum absolute atomic E-state index is 0.0829. The highest BCUT2D eigenvalue weighted by Crippen LogP contribution is 2.26. The zero-order chi connectivity index (χ0) is 33.4. The van der Waals surface area contributed by atoms with E-state index in [1.165, 1.54) is 0 Å². The number of hydrogen-bond donors (Lipinski definition) is 3. The smallest absolute Gasteiger partial charge is 0.322 e. The molecule has 2 aromatic carbocycles. The van der Waals surface area contributed by atoms with Crippen LogP contribution in [0.25, 0.3) is 0 Å². The third-order valence-corrected chi connectivity index (χ3v) is 8.33. The zero-order valence-electron chi connectivity index (χ0n) is 26.2. The summed E-state index contributed by atoms with van der Waals surface area (Å²) >= 11 is 0. The number of nitrogens with zero attached hydrogens (tertiary/aromatic N) is 3. The summed E-state index contributed by atoms with van der Waals surface area (Å²) in [5, 5.41) is 2.52. The van der Waals surface area contributed by atoms with E-state index in [0.717, 1.165) is 49.5 Å². The topological polar surface area (TPSA) is 147 Å². The van der Waals surface area contributed by atoms with E-state index in [-0.39, 0.29) is 11.7 Å². The second-order valence-corrected chi connectivity index (χ2v) is 13.0. The van der Waals surface area contributed by atoms with Crippen molar-refractivity contribution in [3.63, 3.8) is 0 Å². The number of carbonyl (C=O) groups excluding carboxylic acids is 2. The Bertz CT molecular complexity index is 1650. The van der Waals surface area contributed by atoms with Gasteiger partial charge in [0, 0.05) is 55.7 Å². The van der Waals surface area contributed by atoms with Gasteiger partial charge < -0.3 is 20.7 Å². The summed E-state index contributed by atoms with van der Waals surface area (Å²) in [6.45, 7) is 6.64. The van der Waals surface area contributed by atoms with Crippen molar-refractivity contribution in [3.8, 4) is 11.6 Å². The standard InChI is InChI=1S/C32H40F2N6O5S/c1-4-6-15-40(32(42)37-29-18-25(31(35)41)26(33)19-27(29)34)23-13-16-39(17-14-23)20-21-7-12-30(36-28(21)5-2)45-24-10-8-22(9-11-24)38-46(3,43)44/h7-12,18-19,23,38H,4-6,13-17,20H2,1-3H3,(H2,35,41)(H,37,42). The number of benzene rings is 2. The molecule has 1 aliphatic heterocycles. The number of piperidine rings is 1. The lowest BCUT2D eigenvalue weighted by atomic mass is 10.0. The third-order valence-electron chi connectivity index (χ3n) is 7.73. The number of likely N-dealkylation sites (tertiary alicyclic amines) is 1. The van der Waals surface area contributed by atoms with E-state index in [2.05, 4.69) is 14.9 Å². The van der Waals surface area contributed by atoms with E-state index < -0.39 is 39.2 Å². The van der Waals surface area contributed by atoms with Gasteiger partial charge in [-0.25, -0.2) is 27.0 Å². The summed E-state index contributed by atoms with van der Waals surface area (Å²) in [6.07, 6.45) is 4.81. The number of halogens is 2. The van der Waals surface area contributed by atoms with Crippen LogP contribution in [0.3, 0.4) is 0 Å². The van der Waals surface area contributed by atoms with E-state index in [0.29, 0.717) is 55.7 Å². The number of nitrogens with one attached hydrogen (secondary N) is 2. The highest BCUT2D eigenvalue weighted by molar-refractivity contribution is 7.92. The Morgan fingerprint density at radius 3 is 2.37 bits per heavy atom. The summed E-state index contributed by atoms with van der Waals surface area (Å²) in [4.78, 5) is 33.5. The van der Waals surface area contributed by atoms with Crippen LogP contribution < -0.4 is 20.5 Å². The monoisotopic (exact) mass is 658 g/mol. The molecule has 1 aromatic heterocycles. The number of pyridine rings is 1. The molecule has 0 spiro atoms. The van der Waals surface area contributed by atoms with Crippen molar-refractivity contribution in [2.24, 2.45) is 5.73 Å². The Morgan fingerprint density at radius 1 is 1.07 bits per heavy atom. The molecule has 1 aliphatic rings. The lowest BCUT2D eigenvalue weighted by Gasteiger charge is -2.38. The van der Waals surface area contributed by atoms with Gasteiger partial charge in [-0.2, -0.15) is 0 Å². The average Bonchev–Trinajstić information content (AvgIpc) is 3.00. The SMILES string of the molecule is CCCCN(C(=O)Nc1cc(C(N)=O)c(F)cc1F)C1CCN(Cc2ccc(Oc3ccc(NS(C)(=O)=O)cc3)nc2CC)CC1. The molecule has 1 saturated heterocycles. The lowest BCUT2D eigenvalue weighted by Crippen LogP contribution is -2.49. The number of hydrogen-bond acceptors (Lipinski definition) is 7. The number of anilines is 2. The van der Waals surface area contributed by atoms with Gasteiger partial charge in [0.2, 0.25) is 15.9 Å². The first-order valence-electron chi connectivity index (χ1n) is 15.2. The first-order valence-corrected chi connectivity index (χ1v) is 17.1. The first kappa shape index (κ1) is 34.6. The molecular weight excluding hydrogens is 618 g/mol. The fourth-order valence-electron chi connectivity index (χ4n) is 5.37. The first-order chi connectivity index (χ1) is 21.9. The van der Waals surface area contributed by atoms with E-state index in [9.17, 15) is 26.8 Å². The number of unbranched alkanes of at least 4 members (excludes halogenated alkanes) is 1. The van der Waals surface area contributed by atoms with Crippen molar-refractivity contribution in [3.05, 3.63) is 77.0 Å². The van der Waals surface area contributed by atoms with Crippen molar-refractivity contribution in [1.29, 1.82) is 0 Å². The summed E-state index contributed by atoms with van der Waals surface area (Å²) < 4.78 is 59.6. The maximum absolute atomic E-state index is 14.5. The number of nitrogens with two attached hydrogens (primary N) is 1. The number of rotatable bonds is 13. The predicted octanol–water partition coefficient (Wildman–Crippen LogP) is 5.48. The van der Waals surface area contributed by atoms with Crippen LogP contribution >= 0.6 is 0 Å². The van der Waals surface area contributed by atoms with Crippen LogP contribution in [-0.2, 0) is 23.0 Å². The molecule has 0 atom stereocenters. The molecule has 14 heteroatoms. The molecule has 4 rings (SSSR count). The molecule has 2 heterocycles. The maximum atomic E-state index is 14.5. The molecule has 0 aliphatic carbocycles. The molecule has 0 unspecified atom stereocenters. The summed E-state index contributed by atoms with van der Waals surface area (Å²) in [7, 11) is -3.37. The quantitative estimate of drug-likeness (QED) is 0.220. The minimum Gasteiger partial charge on any atom is -0.439 e. The van der Waals surface area contributed by atoms with Gasteiger partial charge in [-0.3, -0.25) is 14.4 Å². The number of urea groups is 1. The van der Waals surface area contributed by atoms with Gasteiger partial charge in [0.05, 0.1) is 17.5 Å². The van der Waals surface area contributed by atoms with Crippen LogP contribution in [0.5, 0.6) is 11.6 Å². The summed E-state index contributed by atoms with van der Waals surface area (Å²) in [5.41, 5.74) is 6.80. The second kappa shape index (κ2) is 15.3. The van der Waals surface area contributed by atoms with Crippen LogP contribution in [0.15, 0.2) is 48.5 Å². The Kier molecular flexibility index (Phi) is 11.5. The van der Waals surface area contributed by atoms with Gasteiger partial charge in [-0.15, -0.1) is 0 Å². The van der Waals surface area contributed by atoms with Gasteiger partial charge in [0.15, 0.2) is 0 Å². The highest BCUT2D eigenvalue weighted by atomic mass is 32.2. The van der Waals surface area contributed by atoms with Crippen LogP contribution in [0.4, 0.5) is 25.0 Å². The van der Waals surface area contributed by atoms with E-state index in [1.54, 1.807) is 35.2 Å². The molecule has 0 bridgehead atoms. The van der Waals surface area contributed by atoms with Gasteiger partial charge in [0.25, 0.3) is 5.91 Å². The number of aromatic nitrogens is 1. The number of sulfonamides is 1. The van der Waals surface area contributed by atoms with Gasteiger partial charge in [-0.1, -0.05) is 26.3 Å². The molecule has 46 heavy (non-hydrogen) atoms. The Morgan fingerprint density at radius 2 is 1.76 bits per heavy atom. The summed E-state index contributed by atoms with van der Waals surface area (Å²) in [6, 6.07) is 11.2. The fourth-order valence-corrected chi connectivity index (χ4v) is 5.94. The third kappa shape index (κ3) is 9.36.